The van der Waals surface area contributed by atoms with Gasteiger partial charge in [0.1, 0.15) is 0 Å². The molecule has 7 heteroatoms. The molecule has 1 aliphatic heterocycles. The van der Waals surface area contributed by atoms with E-state index in [1.165, 1.54) is 6.07 Å². The molecule has 3 rings (SSSR count). The average Bonchev–Trinajstić information content (AvgIpc) is 3.09. The quantitative estimate of drug-likeness (QED) is 0.860. The summed E-state index contributed by atoms with van der Waals surface area (Å²) < 4.78 is 26.2. The summed E-state index contributed by atoms with van der Waals surface area (Å²) in [4.78, 5) is 20.6. The summed E-state index contributed by atoms with van der Waals surface area (Å²) in [5, 5.41) is 2.04. The maximum Gasteiger partial charge on any atom is 0.254 e. The molecule has 1 aliphatic rings. The number of benzene rings is 1. The number of halogens is 2. The Balaban J connectivity index is 1.51. The van der Waals surface area contributed by atoms with Crippen molar-refractivity contribution in [3.05, 3.63) is 52.0 Å². The van der Waals surface area contributed by atoms with Gasteiger partial charge in [0.05, 0.1) is 11.2 Å². The molecule has 122 valence electrons. The van der Waals surface area contributed by atoms with Crippen LogP contribution in [0.15, 0.2) is 29.1 Å². The summed E-state index contributed by atoms with van der Waals surface area (Å²) in [7, 11) is 0. The Morgan fingerprint density at radius 2 is 1.96 bits per heavy atom. The van der Waals surface area contributed by atoms with Crippen LogP contribution in [0.2, 0.25) is 0 Å². The van der Waals surface area contributed by atoms with Gasteiger partial charge in [0.25, 0.3) is 5.91 Å². The maximum absolute atomic E-state index is 13.2. The van der Waals surface area contributed by atoms with Gasteiger partial charge in [-0.2, -0.15) is 0 Å². The Kier molecular flexibility index (Phi) is 4.97. The minimum absolute atomic E-state index is 0.194. The lowest BCUT2D eigenvalue weighted by atomic mass is 10.1. The summed E-state index contributed by atoms with van der Waals surface area (Å²) in [6, 6.07) is 3.29. The van der Waals surface area contributed by atoms with Crippen LogP contribution in [0.3, 0.4) is 0 Å². The molecule has 0 atom stereocenters. The normalized spacial score (nSPS) is 15.8. The molecule has 0 bridgehead atoms. The highest BCUT2D eigenvalue weighted by Gasteiger charge is 2.22. The van der Waals surface area contributed by atoms with Gasteiger partial charge in [0.15, 0.2) is 11.6 Å². The number of rotatable bonds is 4. The fourth-order valence-corrected chi connectivity index (χ4v) is 3.21. The highest BCUT2D eigenvalue weighted by atomic mass is 32.1. The van der Waals surface area contributed by atoms with Gasteiger partial charge >= 0.3 is 0 Å². The zero-order valence-electron chi connectivity index (χ0n) is 12.5. The monoisotopic (exact) mass is 337 g/mol. The van der Waals surface area contributed by atoms with Gasteiger partial charge < -0.3 is 4.90 Å². The standard InChI is InChI=1S/C16H17F2N3OS/c17-14-2-1-12(9-15(14)18)16(22)21-7-5-20(6-8-21)4-3-13-10-23-11-19-13/h1-2,9-11H,3-8H2. The third-order valence-corrected chi connectivity index (χ3v) is 4.63. The molecule has 1 aromatic carbocycles. The second-order valence-corrected chi connectivity index (χ2v) is 6.21. The van der Waals surface area contributed by atoms with Gasteiger partial charge in [-0.15, -0.1) is 11.3 Å². The van der Waals surface area contributed by atoms with Crippen molar-refractivity contribution >= 4 is 17.2 Å². The number of thiazole rings is 1. The van der Waals surface area contributed by atoms with Gasteiger partial charge in [-0.1, -0.05) is 0 Å². The first-order valence-electron chi connectivity index (χ1n) is 7.47. The van der Waals surface area contributed by atoms with Crippen molar-refractivity contribution in [2.75, 3.05) is 32.7 Å². The highest BCUT2D eigenvalue weighted by molar-refractivity contribution is 7.07. The predicted molar refractivity (Wildman–Crippen MR) is 84.5 cm³/mol. The molecule has 1 fully saturated rings. The van der Waals surface area contributed by atoms with Crippen molar-refractivity contribution in [1.82, 2.24) is 14.8 Å². The lowest BCUT2D eigenvalue weighted by Crippen LogP contribution is -2.49. The Labute approximate surface area is 137 Å². The lowest BCUT2D eigenvalue weighted by molar-refractivity contribution is 0.0637. The first-order valence-corrected chi connectivity index (χ1v) is 8.41. The summed E-state index contributed by atoms with van der Waals surface area (Å²) in [6.45, 7) is 3.65. The van der Waals surface area contributed by atoms with Crippen molar-refractivity contribution < 1.29 is 13.6 Å². The summed E-state index contributed by atoms with van der Waals surface area (Å²) in [5.41, 5.74) is 3.11. The summed E-state index contributed by atoms with van der Waals surface area (Å²) in [6.07, 6.45) is 0.903. The molecule has 0 spiro atoms. The van der Waals surface area contributed by atoms with Crippen LogP contribution >= 0.6 is 11.3 Å². The third-order valence-electron chi connectivity index (χ3n) is 3.99. The van der Waals surface area contributed by atoms with E-state index in [4.69, 9.17) is 0 Å². The first-order chi connectivity index (χ1) is 11.1. The van der Waals surface area contributed by atoms with E-state index in [0.717, 1.165) is 43.9 Å². The van der Waals surface area contributed by atoms with E-state index in [1.54, 1.807) is 16.2 Å². The predicted octanol–water partition coefficient (Wildman–Crippen LogP) is 2.42. The molecular formula is C16H17F2N3OS. The number of amides is 1. The van der Waals surface area contributed by atoms with Crippen molar-refractivity contribution in [3.8, 4) is 0 Å². The third kappa shape index (κ3) is 3.92. The molecule has 0 aliphatic carbocycles. The van der Waals surface area contributed by atoms with Gasteiger partial charge in [-0.05, 0) is 18.2 Å². The Hall–Kier alpha value is -1.86. The van der Waals surface area contributed by atoms with Crippen molar-refractivity contribution in [2.45, 2.75) is 6.42 Å². The van der Waals surface area contributed by atoms with Crippen LogP contribution < -0.4 is 0 Å². The molecule has 23 heavy (non-hydrogen) atoms. The largest absolute Gasteiger partial charge is 0.336 e. The number of carbonyl (C=O) groups excluding carboxylic acids is 1. The number of nitrogens with zero attached hydrogens (tertiary/aromatic N) is 3. The Bertz CT molecular complexity index is 670. The van der Waals surface area contributed by atoms with Crippen LogP contribution in [-0.4, -0.2) is 53.4 Å². The van der Waals surface area contributed by atoms with E-state index >= 15 is 0 Å². The SMILES string of the molecule is O=C(c1ccc(F)c(F)c1)N1CCN(CCc2cscn2)CC1. The fourth-order valence-electron chi connectivity index (χ4n) is 2.62. The molecule has 2 aromatic rings. The molecule has 1 aromatic heterocycles. The number of carbonyl (C=O) groups is 1. The zero-order chi connectivity index (χ0) is 16.2. The molecule has 0 radical (unpaired) electrons. The first kappa shape index (κ1) is 16.0. The van der Waals surface area contributed by atoms with Crippen LogP contribution in [0.25, 0.3) is 0 Å². The van der Waals surface area contributed by atoms with Crippen molar-refractivity contribution in [2.24, 2.45) is 0 Å². The van der Waals surface area contributed by atoms with Crippen LogP contribution in [0.1, 0.15) is 16.1 Å². The van der Waals surface area contributed by atoms with Gasteiger partial charge in [0, 0.05) is 50.1 Å². The molecule has 2 heterocycles. The average molecular weight is 337 g/mol. The van der Waals surface area contributed by atoms with E-state index in [9.17, 15) is 13.6 Å². The molecule has 4 nitrogen and oxygen atoms in total. The van der Waals surface area contributed by atoms with E-state index in [2.05, 4.69) is 9.88 Å². The smallest absolute Gasteiger partial charge is 0.254 e. The second-order valence-electron chi connectivity index (χ2n) is 5.49. The van der Waals surface area contributed by atoms with Crippen LogP contribution in [0, 0.1) is 11.6 Å². The molecule has 1 amide bonds. The van der Waals surface area contributed by atoms with E-state index in [-0.39, 0.29) is 11.5 Å². The highest BCUT2D eigenvalue weighted by Crippen LogP contribution is 2.13. The van der Waals surface area contributed by atoms with E-state index in [1.807, 2.05) is 10.9 Å². The van der Waals surface area contributed by atoms with E-state index < -0.39 is 11.6 Å². The summed E-state index contributed by atoms with van der Waals surface area (Å²) in [5.74, 6) is -2.17. The van der Waals surface area contributed by atoms with Gasteiger partial charge in [0.2, 0.25) is 0 Å². The number of aromatic nitrogens is 1. The maximum atomic E-state index is 13.2. The summed E-state index contributed by atoms with van der Waals surface area (Å²) >= 11 is 1.59. The number of hydrogen-bond acceptors (Lipinski definition) is 4. The second kappa shape index (κ2) is 7.14. The number of hydrogen-bond donors (Lipinski definition) is 0. The fraction of sp³-hybridized carbons (Fsp3) is 0.375. The van der Waals surface area contributed by atoms with Crippen LogP contribution in [-0.2, 0) is 6.42 Å². The topological polar surface area (TPSA) is 36.4 Å². The molecular weight excluding hydrogens is 320 g/mol. The minimum atomic E-state index is -0.988. The Morgan fingerprint density at radius 1 is 1.17 bits per heavy atom. The van der Waals surface area contributed by atoms with Crippen LogP contribution in [0.5, 0.6) is 0 Å². The van der Waals surface area contributed by atoms with Gasteiger partial charge in [-0.3, -0.25) is 9.69 Å². The lowest BCUT2D eigenvalue weighted by Gasteiger charge is -2.34. The minimum Gasteiger partial charge on any atom is -0.336 e. The molecule has 0 N–H and O–H groups in total. The van der Waals surface area contributed by atoms with Gasteiger partial charge in [-0.25, -0.2) is 13.8 Å². The molecule has 0 unspecified atom stereocenters. The van der Waals surface area contributed by atoms with Crippen molar-refractivity contribution in [3.63, 3.8) is 0 Å². The van der Waals surface area contributed by atoms with E-state index in [0.29, 0.717) is 13.1 Å². The van der Waals surface area contributed by atoms with Crippen molar-refractivity contribution in [1.29, 1.82) is 0 Å². The molecule has 0 saturated carbocycles. The zero-order valence-corrected chi connectivity index (χ0v) is 13.4. The van der Waals surface area contributed by atoms with Crippen LogP contribution in [0.4, 0.5) is 8.78 Å². The number of piperazine rings is 1. The Morgan fingerprint density at radius 3 is 2.61 bits per heavy atom. The molecule has 1 saturated heterocycles.